The zero-order valence-electron chi connectivity index (χ0n) is 12.2. The van der Waals surface area contributed by atoms with Crippen LogP contribution in [0.4, 0.5) is 4.79 Å². The van der Waals surface area contributed by atoms with Gasteiger partial charge in [-0.2, -0.15) is 0 Å². The van der Waals surface area contributed by atoms with Crippen LogP contribution in [-0.4, -0.2) is 34.0 Å². The van der Waals surface area contributed by atoms with Gasteiger partial charge < -0.3 is 15.2 Å². The molecular weight excluding hydrogens is 280 g/mol. The second kappa shape index (κ2) is 6.43. The van der Waals surface area contributed by atoms with Gasteiger partial charge in [0.15, 0.2) is 0 Å². The van der Waals surface area contributed by atoms with Crippen LogP contribution in [0.1, 0.15) is 16.8 Å². The Morgan fingerprint density at radius 3 is 2.95 bits per heavy atom. The van der Waals surface area contributed by atoms with Crippen molar-refractivity contribution in [3.8, 4) is 0 Å². The topological polar surface area (TPSA) is 78.1 Å². The van der Waals surface area contributed by atoms with Crippen LogP contribution in [0.25, 0.3) is 0 Å². The number of hydrogen-bond acceptors (Lipinski definition) is 3. The van der Waals surface area contributed by atoms with Crippen LogP contribution < -0.4 is 10.9 Å². The average molecular weight is 298 g/mol. The molecule has 0 unspecified atom stereocenters. The molecule has 0 atom stereocenters. The Morgan fingerprint density at radius 1 is 1.32 bits per heavy atom. The molecule has 2 heterocycles. The maximum absolute atomic E-state index is 12.2. The lowest BCUT2D eigenvalue weighted by molar-refractivity contribution is 0.191. The number of nitrogens with zero attached hydrogens (tertiary/aromatic N) is 2. The van der Waals surface area contributed by atoms with Crippen molar-refractivity contribution >= 4 is 6.03 Å². The first-order valence-corrected chi connectivity index (χ1v) is 7.36. The first-order valence-electron chi connectivity index (χ1n) is 7.36. The van der Waals surface area contributed by atoms with Crippen LogP contribution in [0.2, 0.25) is 0 Å². The molecule has 0 radical (unpaired) electrons. The third-order valence-electron chi connectivity index (χ3n) is 3.83. The lowest BCUT2D eigenvalue weighted by Crippen LogP contribution is -2.44. The smallest absolute Gasteiger partial charge is 0.317 e. The van der Waals surface area contributed by atoms with Crippen LogP contribution in [0.15, 0.2) is 41.5 Å². The molecule has 1 aromatic carbocycles. The maximum atomic E-state index is 12.2. The number of aromatic amines is 1. The van der Waals surface area contributed by atoms with Gasteiger partial charge in [-0.05, 0) is 18.4 Å². The molecular formula is C16H18N4O2. The van der Waals surface area contributed by atoms with E-state index < -0.39 is 0 Å². The zero-order chi connectivity index (χ0) is 15.4. The molecule has 0 fully saturated rings. The Balaban J connectivity index is 1.54. The van der Waals surface area contributed by atoms with E-state index in [-0.39, 0.29) is 11.6 Å². The second-order valence-corrected chi connectivity index (χ2v) is 5.30. The Bertz CT molecular complexity index is 712. The minimum absolute atomic E-state index is 0.103. The van der Waals surface area contributed by atoms with Gasteiger partial charge in [0.2, 0.25) is 0 Å². The van der Waals surface area contributed by atoms with Crippen molar-refractivity contribution in [3.05, 3.63) is 63.8 Å². The number of carbonyl (C=O) groups excluding carboxylic acids is 1. The zero-order valence-corrected chi connectivity index (χ0v) is 12.2. The van der Waals surface area contributed by atoms with Crippen molar-refractivity contribution < 1.29 is 4.79 Å². The van der Waals surface area contributed by atoms with E-state index >= 15 is 0 Å². The molecule has 2 aromatic rings. The number of fused-ring (bicyclic) bond motifs is 1. The van der Waals surface area contributed by atoms with Crippen LogP contribution in [-0.2, 0) is 19.4 Å². The van der Waals surface area contributed by atoms with Crippen molar-refractivity contribution in [2.45, 2.75) is 19.4 Å². The normalized spacial score (nSPS) is 13.5. The number of carbonyl (C=O) groups is 1. The summed E-state index contributed by atoms with van der Waals surface area (Å²) in [7, 11) is 0. The molecule has 22 heavy (non-hydrogen) atoms. The summed E-state index contributed by atoms with van der Waals surface area (Å²) in [6, 6.07) is 9.92. The predicted octanol–water partition coefficient (Wildman–Crippen LogP) is 1.08. The molecule has 3 rings (SSSR count). The summed E-state index contributed by atoms with van der Waals surface area (Å²) in [5.41, 5.74) is 2.47. The quantitative estimate of drug-likeness (QED) is 0.890. The number of aromatic nitrogens is 2. The molecule has 0 spiro atoms. The van der Waals surface area contributed by atoms with Gasteiger partial charge in [0, 0.05) is 18.7 Å². The SMILES string of the molecule is O=C(NCCc1ccccc1)N1CCc2c(nc[nH]c2=O)C1. The standard InChI is InChI=1S/C16H18N4O2/c21-15-13-7-9-20(10-14(13)18-11-19-15)16(22)17-8-6-12-4-2-1-3-5-12/h1-5,11H,6-10H2,(H,17,22)(H,18,19,21). The Kier molecular flexibility index (Phi) is 4.18. The van der Waals surface area contributed by atoms with Crippen LogP contribution in [0.3, 0.4) is 0 Å². The van der Waals surface area contributed by atoms with E-state index in [9.17, 15) is 9.59 Å². The van der Waals surface area contributed by atoms with E-state index in [0.29, 0.717) is 37.3 Å². The highest BCUT2D eigenvalue weighted by Crippen LogP contribution is 2.12. The summed E-state index contributed by atoms with van der Waals surface area (Å²) in [4.78, 5) is 32.3. The second-order valence-electron chi connectivity index (χ2n) is 5.30. The van der Waals surface area contributed by atoms with E-state index in [1.807, 2.05) is 30.3 Å². The van der Waals surface area contributed by atoms with E-state index in [2.05, 4.69) is 15.3 Å². The van der Waals surface area contributed by atoms with E-state index in [1.54, 1.807) is 4.90 Å². The fourth-order valence-electron chi connectivity index (χ4n) is 2.61. The number of hydrogen-bond donors (Lipinski definition) is 2. The molecule has 114 valence electrons. The van der Waals surface area contributed by atoms with Gasteiger partial charge in [0.25, 0.3) is 5.56 Å². The minimum atomic E-state index is -0.108. The van der Waals surface area contributed by atoms with Gasteiger partial charge in [-0.15, -0.1) is 0 Å². The van der Waals surface area contributed by atoms with E-state index in [4.69, 9.17) is 0 Å². The first-order chi connectivity index (χ1) is 10.7. The fourth-order valence-corrected chi connectivity index (χ4v) is 2.61. The number of urea groups is 1. The third-order valence-corrected chi connectivity index (χ3v) is 3.83. The number of amides is 2. The van der Waals surface area contributed by atoms with Gasteiger partial charge in [0.1, 0.15) is 0 Å². The maximum Gasteiger partial charge on any atom is 0.317 e. The number of benzene rings is 1. The average Bonchev–Trinajstić information content (AvgIpc) is 2.55. The Morgan fingerprint density at radius 2 is 2.14 bits per heavy atom. The van der Waals surface area contributed by atoms with Crippen molar-refractivity contribution in [3.63, 3.8) is 0 Å². The lowest BCUT2D eigenvalue weighted by Gasteiger charge is -2.27. The first kappa shape index (κ1) is 14.3. The Hall–Kier alpha value is -2.63. The van der Waals surface area contributed by atoms with Crippen molar-refractivity contribution in [2.75, 3.05) is 13.1 Å². The molecule has 1 aromatic heterocycles. The summed E-state index contributed by atoms with van der Waals surface area (Å²) < 4.78 is 0. The summed E-state index contributed by atoms with van der Waals surface area (Å²) in [5, 5.41) is 2.92. The van der Waals surface area contributed by atoms with Crippen molar-refractivity contribution in [1.29, 1.82) is 0 Å². The summed E-state index contributed by atoms with van der Waals surface area (Å²) in [6.45, 7) is 1.52. The number of nitrogens with one attached hydrogen (secondary N) is 2. The van der Waals surface area contributed by atoms with E-state index in [1.165, 1.54) is 11.9 Å². The number of H-pyrrole nitrogens is 1. The monoisotopic (exact) mass is 298 g/mol. The van der Waals surface area contributed by atoms with Gasteiger partial charge in [-0.1, -0.05) is 30.3 Å². The molecule has 0 bridgehead atoms. The summed E-state index contributed by atoms with van der Waals surface area (Å²) >= 11 is 0. The Labute approximate surface area is 128 Å². The highest BCUT2D eigenvalue weighted by atomic mass is 16.2. The largest absolute Gasteiger partial charge is 0.338 e. The summed E-state index contributed by atoms with van der Waals surface area (Å²) in [6.07, 6.45) is 2.73. The highest BCUT2D eigenvalue weighted by molar-refractivity contribution is 5.74. The molecule has 2 amide bonds. The van der Waals surface area contributed by atoms with Gasteiger partial charge in [-0.3, -0.25) is 4.79 Å². The predicted molar refractivity (Wildman–Crippen MR) is 82.5 cm³/mol. The van der Waals surface area contributed by atoms with Gasteiger partial charge in [-0.25, -0.2) is 9.78 Å². The molecule has 2 N–H and O–H groups in total. The fraction of sp³-hybridized carbons (Fsp3) is 0.312. The molecule has 1 aliphatic rings. The third kappa shape index (κ3) is 3.16. The van der Waals surface area contributed by atoms with Crippen LogP contribution in [0.5, 0.6) is 0 Å². The highest BCUT2D eigenvalue weighted by Gasteiger charge is 2.22. The molecule has 0 saturated heterocycles. The molecule has 0 aliphatic carbocycles. The van der Waals surface area contributed by atoms with Crippen LogP contribution >= 0.6 is 0 Å². The van der Waals surface area contributed by atoms with E-state index in [0.717, 1.165) is 6.42 Å². The van der Waals surface area contributed by atoms with Crippen molar-refractivity contribution in [1.82, 2.24) is 20.2 Å². The van der Waals surface area contributed by atoms with Gasteiger partial charge in [0.05, 0.1) is 18.6 Å². The van der Waals surface area contributed by atoms with Crippen molar-refractivity contribution in [2.24, 2.45) is 0 Å². The molecule has 6 nitrogen and oxygen atoms in total. The molecule has 0 saturated carbocycles. The van der Waals surface area contributed by atoms with Gasteiger partial charge >= 0.3 is 6.03 Å². The summed E-state index contributed by atoms with van der Waals surface area (Å²) in [5.74, 6) is 0. The minimum Gasteiger partial charge on any atom is -0.338 e. The lowest BCUT2D eigenvalue weighted by atomic mass is 10.1. The number of rotatable bonds is 3. The molecule has 1 aliphatic heterocycles. The molecule has 6 heteroatoms. The van der Waals surface area contributed by atoms with Crippen LogP contribution in [0, 0.1) is 0 Å².